The lowest BCUT2D eigenvalue weighted by molar-refractivity contribution is 0.300. The molecule has 1 heterocycles. The summed E-state index contributed by atoms with van der Waals surface area (Å²) in [4.78, 5) is 4.54. The van der Waals surface area contributed by atoms with Crippen LogP contribution in [0.4, 0.5) is 4.39 Å². The fourth-order valence-electron chi connectivity index (χ4n) is 1.98. The number of hydrogen-bond donors (Lipinski definition) is 0. The number of nitrogens with zero attached hydrogens (tertiary/aromatic N) is 1. The molecular weight excluding hydrogens is 301 g/mol. The SMILES string of the molecule is COc1cccc(-c2nc(COc3cccc(F)c3)cs2)c1. The summed E-state index contributed by atoms with van der Waals surface area (Å²) in [5, 5.41) is 2.84. The van der Waals surface area contributed by atoms with Gasteiger partial charge in [0, 0.05) is 17.0 Å². The molecule has 0 saturated carbocycles. The summed E-state index contributed by atoms with van der Waals surface area (Å²) < 4.78 is 23.8. The van der Waals surface area contributed by atoms with Crippen molar-refractivity contribution in [1.82, 2.24) is 4.98 Å². The van der Waals surface area contributed by atoms with E-state index < -0.39 is 0 Å². The highest BCUT2D eigenvalue weighted by Gasteiger charge is 2.07. The van der Waals surface area contributed by atoms with Gasteiger partial charge in [-0.1, -0.05) is 18.2 Å². The molecule has 0 radical (unpaired) electrons. The van der Waals surface area contributed by atoms with Crippen LogP contribution in [0.3, 0.4) is 0 Å². The minimum absolute atomic E-state index is 0.309. The van der Waals surface area contributed by atoms with Crippen LogP contribution >= 0.6 is 11.3 Å². The van der Waals surface area contributed by atoms with Gasteiger partial charge in [0.1, 0.15) is 28.9 Å². The van der Waals surface area contributed by atoms with Crippen LogP contribution in [0.25, 0.3) is 10.6 Å². The highest BCUT2D eigenvalue weighted by atomic mass is 32.1. The van der Waals surface area contributed by atoms with Gasteiger partial charge in [-0.25, -0.2) is 9.37 Å². The minimum Gasteiger partial charge on any atom is -0.497 e. The Labute approximate surface area is 132 Å². The lowest BCUT2D eigenvalue weighted by atomic mass is 10.2. The molecular formula is C17H14FNO2S. The number of thiazole rings is 1. The summed E-state index contributed by atoms with van der Waals surface area (Å²) in [7, 11) is 1.64. The Kier molecular flexibility index (Phi) is 4.34. The van der Waals surface area contributed by atoms with Gasteiger partial charge in [-0.15, -0.1) is 11.3 Å². The number of aromatic nitrogens is 1. The molecule has 0 spiro atoms. The second-order valence-electron chi connectivity index (χ2n) is 4.62. The molecule has 2 aromatic carbocycles. The molecule has 3 rings (SSSR count). The van der Waals surface area contributed by atoms with E-state index in [9.17, 15) is 4.39 Å². The number of ether oxygens (including phenoxy) is 2. The first-order valence-corrected chi connectivity index (χ1v) is 7.60. The third kappa shape index (κ3) is 3.43. The second kappa shape index (κ2) is 6.58. The van der Waals surface area contributed by atoms with Crippen molar-refractivity contribution < 1.29 is 13.9 Å². The van der Waals surface area contributed by atoms with Crippen molar-refractivity contribution in [1.29, 1.82) is 0 Å². The minimum atomic E-state index is -0.312. The standard InChI is InChI=1S/C17H14FNO2S/c1-20-15-6-2-4-12(8-15)17-19-14(11-22-17)10-21-16-7-3-5-13(18)9-16/h2-9,11H,10H2,1H3. The van der Waals surface area contributed by atoms with Crippen LogP contribution in [0, 0.1) is 5.82 Å². The van der Waals surface area contributed by atoms with E-state index in [2.05, 4.69) is 4.98 Å². The van der Waals surface area contributed by atoms with Gasteiger partial charge >= 0.3 is 0 Å². The van der Waals surface area contributed by atoms with E-state index in [1.165, 1.54) is 23.5 Å². The van der Waals surface area contributed by atoms with Crippen LogP contribution in [0.15, 0.2) is 53.9 Å². The highest BCUT2D eigenvalue weighted by molar-refractivity contribution is 7.13. The Morgan fingerprint density at radius 3 is 2.73 bits per heavy atom. The predicted molar refractivity (Wildman–Crippen MR) is 84.8 cm³/mol. The van der Waals surface area contributed by atoms with E-state index in [1.54, 1.807) is 19.2 Å². The van der Waals surface area contributed by atoms with E-state index in [-0.39, 0.29) is 5.82 Å². The summed E-state index contributed by atoms with van der Waals surface area (Å²) >= 11 is 1.54. The summed E-state index contributed by atoms with van der Waals surface area (Å²) in [5.41, 5.74) is 1.81. The zero-order chi connectivity index (χ0) is 15.4. The van der Waals surface area contributed by atoms with Crippen molar-refractivity contribution in [2.75, 3.05) is 7.11 Å². The van der Waals surface area contributed by atoms with Gasteiger partial charge in [0.05, 0.1) is 12.8 Å². The summed E-state index contributed by atoms with van der Waals surface area (Å²) in [6.07, 6.45) is 0. The van der Waals surface area contributed by atoms with Crippen LogP contribution in [0.1, 0.15) is 5.69 Å². The Bertz CT molecular complexity index is 773. The Morgan fingerprint density at radius 2 is 1.91 bits per heavy atom. The number of benzene rings is 2. The zero-order valence-corrected chi connectivity index (χ0v) is 12.8. The Balaban J connectivity index is 1.71. The molecule has 3 aromatic rings. The molecule has 5 heteroatoms. The normalized spacial score (nSPS) is 10.5. The van der Waals surface area contributed by atoms with Crippen molar-refractivity contribution in [2.45, 2.75) is 6.61 Å². The van der Waals surface area contributed by atoms with Crippen molar-refractivity contribution in [3.8, 4) is 22.1 Å². The lowest BCUT2D eigenvalue weighted by Gasteiger charge is -2.04. The van der Waals surface area contributed by atoms with Crippen molar-refractivity contribution in [3.05, 3.63) is 65.4 Å². The average molecular weight is 315 g/mol. The van der Waals surface area contributed by atoms with Crippen LogP contribution in [-0.4, -0.2) is 12.1 Å². The number of rotatable bonds is 5. The third-order valence-corrected chi connectivity index (χ3v) is 3.99. The molecule has 0 fully saturated rings. The third-order valence-electron chi connectivity index (χ3n) is 3.05. The van der Waals surface area contributed by atoms with Gasteiger partial charge in [0.2, 0.25) is 0 Å². The summed E-state index contributed by atoms with van der Waals surface area (Å²) in [6, 6.07) is 13.8. The van der Waals surface area contributed by atoms with Crippen LogP contribution in [-0.2, 0) is 6.61 Å². The molecule has 112 valence electrons. The van der Waals surface area contributed by atoms with Gasteiger partial charge < -0.3 is 9.47 Å². The summed E-state index contributed by atoms with van der Waals surface area (Å²) in [5.74, 6) is 0.981. The smallest absolute Gasteiger partial charge is 0.131 e. The molecule has 0 saturated heterocycles. The average Bonchev–Trinajstić information content (AvgIpc) is 3.02. The molecule has 22 heavy (non-hydrogen) atoms. The number of methoxy groups -OCH3 is 1. The van der Waals surface area contributed by atoms with Crippen LogP contribution in [0.5, 0.6) is 11.5 Å². The molecule has 0 amide bonds. The quantitative estimate of drug-likeness (QED) is 0.693. The molecule has 1 aromatic heterocycles. The molecule has 0 bridgehead atoms. The topological polar surface area (TPSA) is 31.4 Å². The van der Waals surface area contributed by atoms with Crippen molar-refractivity contribution >= 4 is 11.3 Å². The molecule has 3 nitrogen and oxygen atoms in total. The monoisotopic (exact) mass is 315 g/mol. The van der Waals surface area contributed by atoms with E-state index in [0.29, 0.717) is 12.4 Å². The van der Waals surface area contributed by atoms with E-state index >= 15 is 0 Å². The maximum Gasteiger partial charge on any atom is 0.131 e. The van der Waals surface area contributed by atoms with E-state index in [0.717, 1.165) is 22.0 Å². The van der Waals surface area contributed by atoms with Gasteiger partial charge in [-0.3, -0.25) is 0 Å². The first kappa shape index (κ1) is 14.5. The van der Waals surface area contributed by atoms with Gasteiger partial charge in [0.25, 0.3) is 0 Å². The van der Waals surface area contributed by atoms with Crippen molar-refractivity contribution in [3.63, 3.8) is 0 Å². The van der Waals surface area contributed by atoms with Crippen LogP contribution < -0.4 is 9.47 Å². The first-order valence-electron chi connectivity index (χ1n) is 6.72. The Hall–Kier alpha value is -2.40. The molecule has 0 aliphatic rings. The number of hydrogen-bond acceptors (Lipinski definition) is 4. The summed E-state index contributed by atoms with van der Waals surface area (Å²) in [6.45, 7) is 0.309. The molecule has 0 N–H and O–H groups in total. The van der Waals surface area contributed by atoms with Crippen molar-refractivity contribution in [2.24, 2.45) is 0 Å². The molecule has 0 aliphatic carbocycles. The largest absolute Gasteiger partial charge is 0.497 e. The predicted octanol–water partition coefficient (Wildman–Crippen LogP) is 4.54. The fraction of sp³-hybridized carbons (Fsp3) is 0.118. The maximum atomic E-state index is 13.1. The Morgan fingerprint density at radius 1 is 1.09 bits per heavy atom. The molecule has 0 atom stereocenters. The van der Waals surface area contributed by atoms with Gasteiger partial charge in [-0.05, 0) is 24.3 Å². The maximum absolute atomic E-state index is 13.1. The van der Waals surface area contributed by atoms with E-state index in [1.807, 2.05) is 29.6 Å². The molecule has 0 unspecified atom stereocenters. The second-order valence-corrected chi connectivity index (χ2v) is 5.48. The molecule has 0 aliphatic heterocycles. The van der Waals surface area contributed by atoms with Gasteiger partial charge in [0.15, 0.2) is 0 Å². The van der Waals surface area contributed by atoms with Gasteiger partial charge in [-0.2, -0.15) is 0 Å². The highest BCUT2D eigenvalue weighted by Crippen LogP contribution is 2.27. The van der Waals surface area contributed by atoms with Crippen LogP contribution in [0.2, 0.25) is 0 Å². The first-order chi connectivity index (χ1) is 10.7. The zero-order valence-electron chi connectivity index (χ0n) is 12.0. The lowest BCUT2D eigenvalue weighted by Crippen LogP contribution is -1.96. The fourth-order valence-corrected chi connectivity index (χ4v) is 2.78. The number of halogens is 1. The van der Waals surface area contributed by atoms with E-state index in [4.69, 9.17) is 9.47 Å².